The lowest BCUT2D eigenvalue weighted by Gasteiger charge is -2.17. The van der Waals surface area contributed by atoms with E-state index in [2.05, 4.69) is 45.9 Å². The maximum atomic E-state index is 13.0. The summed E-state index contributed by atoms with van der Waals surface area (Å²) in [4.78, 5) is 21.3. The largest absolute Gasteiger partial charge is 0.477 e. The van der Waals surface area contributed by atoms with Gasteiger partial charge in [0.25, 0.3) is 15.9 Å². The second kappa shape index (κ2) is 12.8. The predicted octanol–water partition coefficient (Wildman–Crippen LogP) is 6.41. The average Bonchev–Trinajstić information content (AvgIpc) is 3.33. The van der Waals surface area contributed by atoms with E-state index in [4.69, 9.17) is 16.3 Å². The van der Waals surface area contributed by atoms with Crippen molar-refractivity contribution in [2.24, 2.45) is 16.7 Å². The summed E-state index contributed by atoms with van der Waals surface area (Å²) in [5, 5.41) is 7.14. The van der Waals surface area contributed by atoms with Crippen molar-refractivity contribution < 1.29 is 17.9 Å². The molecule has 1 amide bonds. The molecule has 12 heteroatoms. The molecule has 0 aliphatic heterocycles. The maximum absolute atomic E-state index is 13.0. The van der Waals surface area contributed by atoms with Crippen LogP contribution in [0, 0.1) is 16.7 Å². The highest BCUT2D eigenvalue weighted by molar-refractivity contribution is 7.90. The van der Waals surface area contributed by atoms with Crippen molar-refractivity contribution in [1.29, 1.82) is 0 Å². The van der Waals surface area contributed by atoms with Gasteiger partial charge < -0.3 is 10.1 Å². The number of halogens is 1. The minimum Gasteiger partial charge on any atom is -0.477 e. The summed E-state index contributed by atoms with van der Waals surface area (Å²) in [6.45, 7) is 8.21. The summed E-state index contributed by atoms with van der Waals surface area (Å²) in [5.74, 6) is 1.16. The summed E-state index contributed by atoms with van der Waals surface area (Å²) < 4.78 is 35.2. The van der Waals surface area contributed by atoms with Gasteiger partial charge in [0.2, 0.25) is 5.88 Å². The van der Waals surface area contributed by atoms with Crippen molar-refractivity contribution in [2.75, 3.05) is 18.5 Å². The molecule has 0 radical (unpaired) electrons. The van der Waals surface area contributed by atoms with Crippen molar-refractivity contribution in [3.63, 3.8) is 0 Å². The number of hydrogen-bond acceptors (Lipinski definition) is 8. The Morgan fingerprint density at radius 2 is 1.91 bits per heavy atom. The first-order valence-corrected chi connectivity index (χ1v) is 16.9. The van der Waals surface area contributed by atoms with Crippen LogP contribution in [0.25, 0.3) is 5.82 Å². The van der Waals surface area contributed by atoms with Crippen molar-refractivity contribution in [2.45, 2.75) is 83.6 Å². The molecule has 2 N–H and O–H groups in total. The molecule has 2 aliphatic rings. The van der Waals surface area contributed by atoms with E-state index in [1.54, 1.807) is 24.4 Å². The second-order valence-corrected chi connectivity index (χ2v) is 15.0. The van der Waals surface area contributed by atoms with Gasteiger partial charge in [-0.3, -0.25) is 4.79 Å². The van der Waals surface area contributed by atoms with E-state index in [0.717, 1.165) is 25.2 Å². The first kappa shape index (κ1) is 31.3. The molecule has 232 valence electrons. The lowest BCUT2D eigenvalue weighted by molar-refractivity contribution is 0.0981. The molecule has 3 aromatic rings. The molecule has 0 aromatic carbocycles. The molecule has 43 heavy (non-hydrogen) atoms. The van der Waals surface area contributed by atoms with Crippen molar-refractivity contribution >= 4 is 33.3 Å². The van der Waals surface area contributed by atoms with Crippen LogP contribution < -0.4 is 14.8 Å². The molecule has 1 unspecified atom stereocenters. The van der Waals surface area contributed by atoms with Crippen molar-refractivity contribution in [1.82, 2.24) is 24.5 Å². The van der Waals surface area contributed by atoms with E-state index in [1.165, 1.54) is 61.4 Å². The Labute approximate surface area is 259 Å². The zero-order valence-corrected chi connectivity index (χ0v) is 26.7. The Morgan fingerprint density at radius 1 is 1.09 bits per heavy atom. The van der Waals surface area contributed by atoms with E-state index in [0.29, 0.717) is 41.5 Å². The summed E-state index contributed by atoms with van der Waals surface area (Å²) in [6.07, 6.45) is 12.3. The van der Waals surface area contributed by atoms with Crippen molar-refractivity contribution in [3.8, 4) is 11.7 Å². The standard InChI is InChI=1S/C31H41ClN6O4S/c1-30(2)14-12-22(21-30)7-4-5-18-33-24-8-6-9-27(34-24)43(40,41)37-29(39)23-10-11-25(35-28(23)32)38-19-13-26(36-38)42-20-17-31(3)15-16-31/h6,8-11,13,19,22H,4-5,7,12,14-18,20-21H2,1-3H3,(H,33,34)(H,37,39). The Balaban J connectivity index is 1.12. The van der Waals surface area contributed by atoms with Gasteiger partial charge in [-0.2, -0.15) is 8.42 Å². The lowest BCUT2D eigenvalue weighted by Crippen LogP contribution is -2.31. The van der Waals surface area contributed by atoms with Crippen LogP contribution in [0.2, 0.25) is 5.15 Å². The number of unbranched alkanes of at least 4 members (excludes halogenated alkanes) is 1. The van der Waals surface area contributed by atoms with Crippen LogP contribution in [0.15, 0.2) is 47.6 Å². The SMILES string of the molecule is CC1(C)CCC(CCCCNc2cccc(S(=O)(=O)NC(=O)c3ccc(-n4ccc(OCCC5(C)CC5)n4)nc3Cl)n2)C1. The van der Waals surface area contributed by atoms with Gasteiger partial charge in [0, 0.05) is 18.8 Å². The number of nitrogens with one attached hydrogen (secondary N) is 2. The third-order valence-corrected chi connectivity index (χ3v) is 10.1. The van der Waals surface area contributed by atoms with Crippen molar-refractivity contribution in [3.05, 3.63) is 53.3 Å². The van der Waals surface area contributed by atoms with Gasteiger partial charge in [-0.25, -0.2) is 19.4 Å². The topological polar surface area (TPSA) is 128 Å². The van der Waals surface area contributed by atoms with Gasteiger partial charge in [0.1, 0.15) is 11.0 Å². The van der Waals surface area contributed by atoms with E-state index >= 15 is 0 Å². The molecular formula is C31H41ClN6O4S. The average molecular weight is 629 g/mol. The number of ether oxygens (including phenoxy) is 1. The van der Waals surface area contributed by atoms with Gasteiger partial charge in [0.15, 0.2) is 10.8 Å². The zero-order chi connectivity index (χ0) is 30.7. The van der Waals surface area contributed by atoms with Gasteiger partial charge in [-0.05, 0) is 86.0 Å². The third-order valence-electron chi connectivity index (χ3n) is 8.58. The highest BCUT2D eigenvalue weighted by Crippen LogP contribution is 2.48. The molecule has 3 aromatic heterocycles. The maximum Gasteiger partial charge on any atom is 0.281 e. The van der Waals surface area contributed by atoms with Crippen LogP contribution >= 0.6 is 11.6 Å². The zero-order valence-electron chi connectivity index (χ0n) is 25.1. The number of sulfonamides is 1. The van der Waals surface area contributed by atoms with Gasteiger partial charge >= 0.3 is 0 Å². The van der Waals surface area contributed by atoms with E-state index in [-0.39, 0.29) is 15.7 Å². The molecule has 1 atom stereocenters. The van der Waals surface area contributed by atoms with Crippen LogP contribution in [0.4, 0.5) is 5.82 Å². The number of aromatic nitrogens is 4. The summed E-state index contributed by atoms with van der Waals surface area (Å²) >= 11 is 6.30. The molecule has 5 rings (SSSR count). The first-order chi connectivity index (χ1) is 20.4. The molecule has 2 saturated carbocycles. The molecule has 0 bridgehead atoms. The van der Waals surface area contributed by atoms with Crippen LogP contribution in [-0.2, 0) is 10.0 Å². The summed E-state index contributed by atoms with van der Waals surface area (Å²) in [7, 11) is -4.25. The van der Waals surface area contributed by atoms with Gasteiger partial charge in [-0.15, -0.1) is 5.10 Å². The highest BCUT2D eigenvalue weighted by Gasteiger charge is 2.36. The second-order valence-electron chi connectivity index (χ2n) is 13.0. The van der Waals surface area contributed by atoms with Crippen LogP contribution in [0.5, 0.6) is 5.88 Å². The normalized spacial score (nSPS) is 18.7. The molecule has 0 saturated heterocycles. The number of carbonyl (C=O) groups excluding carboxylic acids is 1. The first-order valence-electron chi connectivity index (χ1n) is 15.1. The number of nitrogens with zero attached hydrogens (tertiary/aromatic N) is 4. The number of pyridine rings is 2. The lowest BCUT2D eigenvalue weighted by atomic mass is 9.89. The summed E-state index contributed by atoms with van der Waals surface area (Å²) in [5.41, 5.74) is 0.770. The molecule has 0 spiro atoms. The Morgan fingerprint density at radius 3 is 2.63 bits per heavy atom. The van der Waals surface area contributed by atoms with Crippen LogP contribution in [0.1, 0.15) is 88.9 Å². The minimum atomic E-state index is -4.25. The molecule has 10 nitrogen and oxygen atoms in total. The van der Waals surface area contributed by atoms with Crippen LogP contribution in [-0.4, -0.2) is 47.2 Å². The highest BCUT2D eigenvalue weighted by atomic mass is 35.5. The fourth-order valence-electron chi connectivity index (χ4n) is 5.59. The van der Waals surface area contributed by atoms with Gasteiger partial charge in [-0.1, -0.05) is 51.3 Å². The Kier molecular flexibility index (Phi) is 9.31. The van der Waals surface area contributed by atoms with E-state index in [1.807, 2.05) is 0 Å². The van der Waals surface area contributed by atoms with E-state index in [9.17, 15) is 13.2 Å². The molecule has 2 fully saturated rings. The smallest absolute Gasteiger partial charge is 0.281 e. The Bertz CT molecular complexity index is 1550. The predicted molar refractivity (Wildman–Crippen MR) is 166 cm³/mol. The fourth-order valence-corrected chi connectivity index (χ4v) is 6.76. The monoisotopic (exact) mass is 628 g/mol. The van der Waals surface area contributed by atoms with E-state index < -0.39 is 15.9 Å². The third kappa shape index (κ3) is 8.47. The minimum absolute atomic E-state index is 0.0878. The fraction of sp³-hybridized carbons (Fsp3) is 0.548. The quantitative estimate of drug-likeness (QED) is 0.155. The number of rotatable bonds is 14. The molecular weight excluding hydrogens is 588 g/mol. The number of amides is 1. The molecule has 2 aliphatic carbocycles. The number of anilines is 1. The Hall–Kier alpha value is -3.18. The summed E-state index contributed by atoms with van der Waals surface area (Å²) in [6, 6.07) is 9.31. The number of hydrogen-bond donors (Lipinski definition) is 2. The van der Waals surface area contributed by atoms with Crippen LogP contribution in [0.3, 0.4) is 0 Å². The number of carbonyl (C=O) groups is 1. The molecule has 3 heterocycles. The van der Waals surface area contributed by atoms with Gasteiger partial charge in [0.05, 0.1) is 12.2 Å².